The highest BCUT2D eigenvalue weighted by Crippen LogP contribution is 2.14. The summed E-state index contributed by atoms with van der Waals surface area (Å²) in [5, 5.41) is 0. The monoisotopic (exact) mass is 879 g/mol. The quantitative estimate of drug-likeness (QED) is 0.0262. The number of carbonyl (C=O) groups is 3. The van der Waals surface area contributed by atoms with E-state index in [9.17, 15) is 14.4 Å². The predicted molar refractivity (Wildman–Crippen MR) is 270 cm³/mol. The Balaban J connectivity index is 4.41. The van der Waals surface area contributed by atoms with Gasteiger partial charge in [0.05, 0.1) is 0 Å². The van der Waals surface area contributed by atoms with Gasteiger partial charge in [-0.2, -0.15) is 0 Å². The molecule has 0 saturated heterocycles. The lowest BCUT2D eigenvalue weighted by molar-refractivity contribution is -0.167. The van der Waals surface area contributed by atoms with Crippen LogP contribution in [-0.4, -0.2) is 37.2 Å². The van der Waals surface area contributed by atoms with E-state index < -0.39 is 6.10 Å². The first-order valence-electron chi connectivity index (χ1n) is 26.4. The highest BCUT2D eigenvalue weighted by Gasteiger charge is 2.19. The molecule has 0 bridgehead atoms. The summed E-state index contributed by atoms with van der Waals surface area (Å²) in [6.07, 6.45) is 64.5. The normalized spacial score (nSPS) is 12.6. The minimum Gasteiger partial charge on any atom is -0.462 e. The Morgan fingerprint density at radius 3 is 1.00 bits per heavy atom. The Morgan fingerprint density at radius 2 is 0.603 bits per heavy atom. The van der Waals surface area contributed by atoms with Crippen molar-refractivity contribution in [1.29, 1.82) is 0 Å². The van der Waals surface area contributed by atoms with Crippen LogP contribution in [0.5, 0.6) is 0 Å². The van der Waals surface area contributed by atoms with E-state index in [4.69, 9.17) is 14.2 Å². The first-order valence-corrected chi connectivity index (χ1v) is 26.4. The van der Waals surface area contributed by atoms with Gasteiger partial charge in [0.15, 0.2) is 6.10 Å². The molecule has 0 aliphatic rings. The fourth-order valence-electron chi connectivity index (χ4n) is 7.13. The van der Waals surface area contributed by atoms with E-state index in [0.717, 1.165) is 116 Å². The molecular weight excluding hydrogens is 781 g/mol. The number of hydrogen-bond acceptors (Lipinski definition) is 6. The maximum atomic E-state index is 12.8. The molecule has 63 heavy (non-hydrogen) atoms. The lowest BCUT2D eigenvalue weighted by Gasteiger charge is -2.18. The van der Waals surface area contributed by atoms with Crippen LogP contribution in [0.1, 0.15) is 252 Å². The molecule has 0 radical (unpaired) electrons. The zero-order chi connectivity index (χ0) is 45.8. The number of allylic oxidation sites excluding steroid dienone is 12. The van der Waals surface area contributed by atoms with Crippen LogP contribution >= 0.6 is 0 Å². The van der Waals surface area contributed by atoms with Gasteiger partial charge < -0.3 is 14.2 Å². The molecule has 0 aliphatic heterocycles. The highest BCUT2D eigenvalue weighted by molar-refractivity contribution is 5.71. The summed E-state index contributed by atoms with van der Waals surface area (Å²) in [4.78, 5) is 38.0. The van der Waals surface area contributed by atoms with E-state index in [1.807, 2.05) is 0 Å². The molecule has 0 heterocycles. The van der Waals surface area contributed by atoms with Crippen LogP contribution in [0.4, 0.5) is 0 Å². The van der Waals surface area contributed by atoms with E-state index in [2.05, 4.69) is 93.7 Å². The second-order valence-electron chi connectivity index (χ2n) is 17.4. The summed E-state index contributed by atoms with van der Waals surface area (Å²) in [5.74, 6) is -0.924. The van der Waals surface area contributed by atoms with Crippen LogP contribution < -0.4 is 0 Å². The fourth-order valence-corrected chi connectivity index (χ4v) is 7.13. The molecule has 362 valence electrons. The minimum atomic E-state index is -0.791. The maximum absolute atomic E-state index is 12.8. The SMILES string of the molecule is CCC/C=C\C/C=C\CCCCCCCC(=O)OC(COC(=O)CCCCCCC/C=C\CCCCCC)COC(=O)CCCCCCCC/C=C\C/C=C\C/C=C\CCCCC. The van der Waals surface area contributed by atoms with Crippen molar-refractivity contribution in [3.63, 3.8) is 0 Å². The van der Waals surface area contributed by atoms with Gasteiger partial charge in [-0.1, -0.05) is 196 Å². The molecule has 0 aliphatic carbocycles. The largest absolute Gasteiger partial charge is 0.462 e. The third-order valence-electron chi connectivity index (χ3n) is 11.1. The number of unbranched alkanes of at least 4 members (excludes halogenated alkanes) is 24. The molecule has 0 saturated carbocycles. The zero-order valence-corrected chi connectivity index (χ0v) is 41.3. The zero-order valence-electron chi connectivity index (χ0n) is 41.3. The molecule has 0 N–H and O–H groups in total. The molecule has 0 aromatic rings. The average molecular weight is 879 g/mol. The van der Waals surface area contributed by atoms with Crippen molar-refractivity contribution in [2.45, 2.75) is 258 Å². The standard InChI is InChI=1S/C57H98O6/c1-4-7-10-13-16-19-22-25-26-27-28-29-30-33-35-38-41-44-47-50-56(59)62-53-54(63-57(60)51-48-45-42-39-36-32-24-21-18-15-12-9-6-3)52-61-55(58)49-46-43-40-37-34-31-23-20-17-14-11-8-5-2/h12,15-16,19-21,23-26,28-29,54H,4-11,13-14,17-18,22,27,30-53H2,1-3H3/b15-12-,19-16-,23-20-,24-21-,26-25-,29-28-. The smallest absolute Gasteiger partial charge is 0.306 e. The summed E-state index contributed by atoms with van der Waals surface area (Å²) < 4.78 is 16.8. The van der Waals surface area contributed by atoms with Crippen LogP contribution in [0.3, 0.4) is 0 Å². The van der Waals surface area contributed by atoms with Crippen molar-refractivity contribution in [3.05, 3.63) is 72.9 Å². The average Bonchev–Trinajstić information content (AvgIpc) is 3.28. The Bertz CT molecular complexity index is 1190. The van der Waals surface area contributed by atoms with Gasteiger partial charge in [0.1, 0.15) is 13.2 Å². The molecule has 6 heteroatoms. The number of ether oxygens (including phenoxy) is 3. The second-order valence-corrected chi connectivity index (χ2v) is 17.4. The molecular formula is C57H98O6. The third-order valence-corrected chi connectivity index (χ3v) is 11.1. The van der Waals surface area contributed by atoms with Crippen LogP contribution in [0, 0.1) is 0 Å². The molecule has 0 fully saturated rings. The Morgan fingerprint density at radius 1 is 0.317 bits per heavy atom. The van der Waals surface area contributed by atoms with E-state index in [0.29, 0.717) is 19.3 Å². The number of rotatable bonds is 47. The molecule has 6 nitrogen and oxygen atoms in total. The van der Waals surface area contributed by atoms with Crippen molar-refractivity contribution in [2.75, 3.05) is 13.2 Å². The Kier molecular flexibility index (Phi) is 48.9. The van der Waals surface area contributed by atoms with Gasteiger partial charge in [-0.05, 0) is 109 Å². The van der Waals surface area contributed by atoms with E-state index in [1.165, 1.54) is 96.3 Å². The summed E-state index contributed by atoms with van der Waals surface area (Å²) in [5.41, 5.74) is 0. The van der Waals surface area contributed by atoms with Crippen molar-refractivity contribution in [1.82, 2.24) is 0 Å². The number of hydrogen-bond donors (Lipinski definition) is 0. The molecule has 1 atom stereocenters. The number of esters is 3. The van der Waals surface area contributed by atoms with Crippen molar-refractivity contribution >= 4 is 17.9 Å². The van der Waals surface area contributed by atoms with Crippen molar-refractivity contribution in [3.8, 4) is 0 Å². The Labute approximate surface area is 389 Å². The van der Waals surface area contributed by atoms with Crippen LogP contribution in [0.2, 0.25) is 0 Å². The lowest BCUT2D eigenvalue weighted by Crippen LogP contribution is -2.30. The maximum Gasteiger partial charge on any atom is 0.306 e. The van der Waals surface area contributed by atoms with Crippen LogP contribution in [0.25, 0.3) is 0 Å². The molecule has 0 aromatic heterocycles. The van der Waals surface area contributed by atoms with Crippen LogP contribution in [0.15, 0.2) is 72.9 Å². The van der Waals surface area contributed by atoms with E-state index >= 15 is 0 Å². The minimum absolute atomic E-state index is 0.0900. The molecule has 1 unspecified atom stereocenters. The fraction of sp³-hybridized carbons (Fsp3) is 0.737. The summed E-state index contributed by atoms with van der Waals surface area (Å²) in [6.45, 7) is 6.50. The highest BCUT2D eigenvalue weighted by atomic mass is 16.6. The Hall–Kier alpha value is -3.15. The van der Waals surface area contributed by atoms with Gasteiger partial charge in [0, 0.05) is 19.3 Å². The van der Waals surface area contributed by atoms with Gasteiger partial charge in [-0.15, -0.1) is 0 Å². The summed E-state index contributed by atoms with van der Waals surface area (Å²) >= 11 is 0. The molecule has 0 amide bonds. The first kappa shape index (κ1) is 59.9. The molecule has 0 aromatic carbocycles. The van der Waals surface area contributed by atoms with Crippen molar-refractivity contribution in [2.24, 2.45) is 0 Å². The van der Waals surface area contributed by atoms with Crippen molar-refractivity contribution < 1.29 is 28.6 Å². The van der Waals surface area contributed by atoms with Crippen LogP contribution in [-0.2, 0) is 28.6 Å². The van der Waals surface area contributed by atoms with Gasteiger partial charge >= 0.3 is 17.9 Å². The van der Waals surface area contributed by atoms with E-state index in [1.54, 1.807) is 0 Å². The predicted octanol–water partition coefficient (Wildman–Crippen LogP) is 17.4. The number of carbonyl (C=O) groups excluding carboxylic acids is 3. The summed E-state index contributed by atoms with van der Waals surface area (Å²) in [6, 6.07) is 0. The third kappa shape index (κ3) is 49.7. The van der Waals surface area contributed by atoms with Gasteiger partial charge in [-0.3, -0.25) is 14.4 Å². The molecule has 0 spiro atoms. The van der Waals surface area contributed by atoms with E-state index in [-0.39, 0.29) is 31.1 Å². The van der Waals surface area contributed by atoms with Gasteiger partial charge in [0.25, 0.3) is 0 Å². The van der Waals surface area contributed by atoms with Gasteiger partial charge in [0.2, 0.25) is 0 Å². The lowest BCUT2D eigenvalue weighted by atomic mass is 10.1. The van der Waals surface area contributed by atoms with Gasteiger partial charge in [-0.25, -0.2) is 0 Å². The topological polar surface area (TPSA) is 78.9 Å². The first-order chi connectivity index (χ1) is 31.0. The summed E-state index contributed by atoms with van der Waals surface area (Å²) in [7, 11) is 0. The molecule has 0 rings (SSSR count). The second kappa shape index (κ2) is 51.5.